The highest BCUT2D eigenvalue weighted by Gasteiger charge is 2.18. The molecule has 2 aromatic rings. The highest BCUT2D eigenvalue weighted by atomic mass is 32.2. The van der Waals surface area contributed by atoms with Crippen molar-refractivity contribution in [3.63, 3.8) is 0 Å². The van der Waals surface area contributed by atoms with Gasteiger partial charge in [-0.2, -0.15) is 0 Å². The lowest BCUT2D eigenvalue weighted by atomic mass is 10.0. The summed E-state index contributed by atoms with van der Waals surface area (Å²) in [7, 11) is -1.90. The molecule has 0 spiro atoms. The Morgan fingerprint density at radius 2 is 1.84 bits per heavy atom. The minimum absolute atomic E-state index is 0.242. The summed E-state index contributed by atoms with van der Waals surface area (Å²) in [6.07, 6.45) is 1.04. The van der Waals surface area contributed by atoms with Crippen molar-refractivity contribution >= 4 is 21.6 Å². The number of nitrogens with one attached hydrogen (secondary N) is 2. The van der Waals surface area contributed by atoms with Crippen LogP contribution in [0.25, 0.3) is 0 Å². The van der Waals surface area contributed by atoms with Crippen LogP contribution >= 0.6 is 0 Å². The molecule has 0 bridgehead atoms. The lowest BCUT2D eigenvalue weighted by Gasteiger charge is -2.19. The lowest BCUT2D eigenvalue weighted by molar-refractivity contribution is 0.0940. The van der Waals surface area contributed by atoms with Gasteiger partial charge in [-0.25, -0.2) is 8.42 Å². The van der Waals surface area contributed by atoms with E-state index in [0.717, 1.165) is 17.4 Å². The first-order valence-corrected chi connectivity index (χ1v) is 9.62. The first-order valence-electron chi connectivity index (χ1n) is 7.73. The number of sulfonamides is 1. The van der Waals surface area contributed by atoms with E-state index in [9.17, 15) is 13.2 Å². The number of hydrogen-bond donors (Lipinski definition) is 2. The van der Waals surface area contributed by atoms with E-state index in [1.165, 1.54) is 0 Å². The summed E-state index contributed by atoms with van der Waals surface area (Å²) in [5, 5.41) is 2.89. The maximum absolute atomic E-state index is 12.6. The van der Waals surface area contributed by atoms with Crippen LogP contribution in [0.3, 0.4) is 0 Å². The fraction of sp³-hybridized carbons (Fsp3) is 0.278. The van der Waals surface area contributed by atoms with Gasteiger partial charge in [0.05, 0.1) is 30.7 Å². The minimum atomic E-state index is -3.48. The number of anilines is 1. The van der Waals surface area contributed by atoms with Crippen molar-refractivity contribution in [2.45, 2.75) is 19.9 Å². The largest absolute Gasteiger partial charge is 0.496 e. The predicted octanol–water partition coefficient (Wildman–Crippen LogP) is 2.87. The number of carbonyl (C=O) groups excluding carboxylic acids is 1. The number of methoxy groups -OCH3 is 1. The quantitative estimate of drug-likeness (QED) is 0.827. The molecule has 0 radical (unpaired) electrons. The molecular formula is C18H22N2O4S. The Hall–Kier alpha value is -2.54. The van der Waals surface area contributed by atoms with Crippen LogP contribution in [0.4, 0.5) is 5.69 Å². The number of hydrogen-bond acceptors (Lipinski definition) is 4. The standard InChI is InChI=1S/C18H22N2O4S/c1-12-9-10-17(24-3)15(11-12)13(2)19-18(21)14-7-5-6-8-16(14)20-25(4,22)23/h5-11,13,20H,1-4H3,(H,19,21). The average Bonchev–Trinajstić information content (AvgIpc) is 2.53. The van der Waals surface area contributed by atoms with Gasteiger partial charge in [0.1, 0.15) is 5.75 Å². The van der Waals surface area contributed by atoms with Crippen molar-refractivity contribution in [1.82, 2.24) is 5.32 Å². The summed E-state index contributed by atoms with van der Waals surface area (Å²) in [4.78, 5) is 12.6. The molecule has 0 heterocycles. The normalized spacial score (nSPS) is 12.3. The fourth-order valence-electron chi connectivity index (χ4n) is 2.51. The van der Waals surface area contributed by atoms with Crippen LogP contribution in [0.15, 0.2) is 42.5 Å². The molecule has 0 aliphatic rings. The smallest absolute Gasteiger partial charge is 0.253 e. The molecule has 0 saturated heterocycles. The van der Waals surface area contributed by atoms with E-state index in [1.807, 2.05) is 32.0 Å². The van der Waals surface area contributed by atoms with E-state index in [1.54, 1.807) is 31.4 Å². The average molecular weight is 362 g/mol. The molecule has 134 valence electrons. The van der Waals surface area contributed by atoms with Crippen molar-refractivity contribution in [3.05, 3.63) is 59.2 Å². The van der Waals surface area contributed by atoms with Crippen molar-refractivity contribution in [1.29, 1.82) is 0 Å². The third-order valence-electron chi connectivity index (χ3n) is 3.67. The maximum Gasteiger partial charge on any atom is 0.253 e. The highest BCUT2D eigenvalue weighted by Crippen LogP contribution is 2.27. The SMILES string of the molecule is COc1ccc(C)cc1C(C)NC(=O)c1ccccc1NS(C)(=O)=O. The molecule has 0 saturated carbocycles. The molecule has 2 rings (SSSR count). The zero-order valence-corrected chi connectivity index (χ0v) is 15.5. The second-order valence-corrected chi connectivity index (χ2v) is 7.61. The predicted molar refractivity (Wildman–Crippen MR) is 98.5 cm³/mol. The van der Waals surface area contributed by atoms with E-state index in [0.29, 0.717) is 5.75 Å². The summed E-state index contributed by atoms with van der Waals surface area (Å²) >= 11 is 0. The van der Waals surface area contributed by atoms with Crippen LogP contribution in [0, 0.1) is 6.92 Å². The molecule has 6 nitrogen and oxygen atoms in total. The van der Waals surface area contributed by atoms with Crippen molar-refractivity contribution in [2.75, 3.05) is 18.1 Å². The van der Waals surface area contributed by atoms with E-state index >= 15 is 0 Å². The summed E-state index contributed by atoms with van der Waals surface area (Å²) < 4.78 is 30.7. The number of para-hydroxylation sites is 1. The van der Waals surface area contributed by atoms with Crippen LogP contribution in [0.5, 0.6) is 5.75 Å². The van der Waals surface area contributed by atoms with E-state index in [4.69, 9.17) is 4.74 Å². The van der Waals surface area contributed by atoms with Crippen molar-refractivity contribution in [2.24, 2.45) is 0 Å². The lowest BCUT2D eigenvalue weighted by Crippen LogP contribution is -2.28. The Balaban J connectivity index is 2.27. The van der Waals surface area contributed by atoms with Gasteiger partial charge in [-0.1, -0.05) is 29.8 Å². The van der Waals surface area contributed by atoms with Gasteiger partial charge in [0.2, 0.25) is 10.0 Å². The molecule has 1 amide bonds. The molecule has 2 aromatic carbocycles. The van der Waals surface area contributed by atoms with Gasteiger partial charge in [0.25, 0.3) is 5.91 Å². The van der Waals surface area contributed by atoms with Gasteiger partial charge in [0.15, 0.2) is 0 Å². The molecule has 25 heavy (non-hydrogen) atoms. The van der Waals surface area contributed by atoms with Crippen LogP contribution in [-0.2, 0) is 10.0 Å². The fourth-order valence-corrected chi connectivity index (χ4v) is 3.09. The summed E-state index contributed by atoms with van der Waals surface area (Å²) in [5.41, 5.74) is 2.40. The van der Waals surface area contributed by atoms with Gasteiger partial charge < -0.3 is 10.1 Å². The topological polar surface area (TPSA) is 84.5 Å². The monoisotopic (exact) mass is 362 g/mol. The Morgan fingerprint density at radius 1 is 1.16 bits per heavy atom. The zero-order valence-electron chi connectivity index (χ0n) is 14.7. The van der Waals surface area contributed by atoms with E-state index < -0.39 is 10.0 Å². The zero-order chi connectivity index (χ0) is 18.6. The summed E-state index contributed by atoms with van der Waals surface area (Å²) in [6, 6.07) is 11.9. The molecule has 0 aliphatic heterocycles. The van der Waals surface area contributed by atoms with Gasteiger partial charge in [-0.05, 0) is 32.0 Å². The van der Waals surface area contributed by atoms with E-state index in [2.05, 4.69) is 10.0 Å². The molecule has 1 unspecified atom stereocenters. The molecule has 0 fully saturated rings. The third-order valence-corrected chi connectivity index (χ3v) is 4.26. The second-order valence-electron chi connectivity index (χ2n) is 5.86. The van der Waals surface area contributed by atoms with Gasteiger partial charge >= 0.3 is 0 Å². The number of ether oxygens (including phenoxy) is 1. The summed E-state index contributed by atoms with van der Waals surface area (Å²) in [5.74, 6) is 0.309. The number of benzene rings is 2. The number of carbonyl (C=O) groups is 1. The van der Waals surface area contributed by atoms with Crippen LogP contribution in [-0.4, -0.2) is 27.7 Å². The second kappa shape index (κ2) is 7.57. The Bertz CT molecular complexity index is 878. The highest BCUT2D eigenvalue weighted by molar-refractivity contribution is 7.92. The molecule has 7 heteroatoms. The van der Waals surface area contributed by atoms with Gasteiger partial charge in [-0.15, -0.1) is 0 Å². The molecular weight excluding hydrogens is 340 g/mol. The molecule has 0 aromatic heterocycles. The molecule has 2 N–H and O–H groups in total. The Morgan fingerprint density at radius 3 is 2.48 bits per heavy atom. The van der Waals surface area contributed by atoms with Gasteiger partial charge in [-0.3, -0.25) is 9.52 Å². The van der Waals surface area contributed by atoms with Crippen molar-refractivity contribution in [3.8, 4) is 5.75 Å². The third kappa shape index (κ3) is 4.96. The Kier molecular flexibility index (Phi) is 5.69. The number of amides is 1. The molecule has 0 aliphatic carbocycles. The maximum atomic E-state index is 12.6. The Labute approximate surface area is 148 Å². The summed E-state index contributed by atoms with van der Waals surface area (Å²) in [6.45, 7) is 3.81. The number of rotatable bonds is 6. The minimum Gasteiger partial charge on any atom is -0.496 e. The van der Waals surface area contributed by atoms with Crippen LogP contribution < -0.4 is 14.8 Å². The van der Waals surface area contributed by atoms with Crippen molar-refractivity contribution < 1.29 is 17.9 Å². The first kappa shape index (κ1) is 18.8. The van der Waals surface area contributed by atoms with E-state index in [-0.39, 0.29) is 23.2 Å². The number of aryl methyl sites for hydroxylation is 1. The van der Waals surface area contributed by atoms with Crippen LogP contribution in [0.1, 0.15) is 34.5 Å². The van der Waals surface area contributed by atoms with Gasteiger partial charge in [0, 0.05) is 5.56 Å². The first-order chi connectivity index (χ1) is 11.7. The van der Waals surface area contributed by atoms with Crippen LogP contribution in [0.2, 0.25) is 0 Å². The molecule has 1 atom stereocenters.